The van der Waals surface area contributed by atoms with E-state index >= 15 is 0 Å². The molecule has 2 aliphatic heterocycles. The monoisotopic (exact) mass is 412 g/mol. The third-order valence-corrected chi connectivity index (χ3v) is 7.93. The lowest BCUT2D eigenvalue weighted by Crippen LogP contribution is -2.35. The van der Waals surface area contributed by atoms with E-state index in [4.69, 9.17) is 5.73 Å². The largest absolute Gasteiger partial charge is 0.370 e. The molecule has 0 radical (unpaired) electrons. The molecular weight excluding hydrogens is 380 g/mol. The fraction of sp³-hybridized carbons (Fsp3) is 0.684. The summed E-state index contributed by atoms with van der Waals surface area (Å²) in [5.74, 6) is 2.73. The van der Waals surface area contributed by atoms with Gasteiger partial charge in [0, 0.05) is 68.7 Å². The van der Waals surface area contributed by atoms with Crippen LogP contribution in [-0.2, 0) is 9.84 Å². The molecule has 1 aromatic rings. The SMILES string of the molecule is NCCS(=O)(=O)CCN1CCCN(c2ccc(N3CCSCC3)cc2)CC1. The van der Waals surface area contributed by atoms with Gasteiger partial charge in [-0.1, -0.05) is 0 Å². The van der Waals surface area contributed by atoms with E-state index in [1.54, 1.807) is 0 Å². The predicted molar refractivity (Wildman–Crippen MR) is 117 cm³/mol. The van der Waals surface area contributed by atoms with Gasteiger partial charge >= 0.3 is 0 Å². The van der Waals surface area contributed by atoms with E-state index in [1.165, 1.54) is 22.9 Å². The first-order chi connectivity index (χ1) is 13.1. The Bertz CT molecular complexity index is 675. The van der Waals surface area contributed by atoms with Gasteiger partial charge in [0.25, 0.3) is 0 Å². The number of rotatable bonds is 7. The van der Waals surface area contributed by atoms with Crippen molar-refractivity contribution in [2.75, 3.05) is 85.2 Å². The highest BCUT2D eigenvalue weighted by atomic mass is 32.2. The second-order valence-corrected chi connectivity index (χ2v) is 10.8. The van der Waals surface area contributed by atoms with Crippen LogP contribution >= 0.6 is 11.8 Å². The van der Waals surface area contributed by atoms with Crippen molar-refractivity contribution in [1.29, 1.82) is 0 Å². The molecule has 3 rings (SSSR count). The minimum absolute atomic E-state index is 0.0923. The molecule has 2 saturated heterocycles. The molecule has 2 N–H and O–H groups in total. The minimum atomic E-state index is -3.01. The Morgan fingerprint density at radius 3 is 2.11 bits per heavy atom. The molecule has 2 heterocycles. The number of nitrogens with two attached hydrogens (primary N) is 1. The van der Waals surface area contributed by atoms with E-state index < -0.39 is 9.84 Å². The molecule has 0 bridgehead atoms. The molecule has 6 nitrogen and oxygen atoms in total. The molecule has 2 aliphatic rings. The fourth-order valence-electron chi connectivity index (χ4n) is 3.70. The highest BCUT2D eigenvalue weighted by Gasteiger charge is 2.18. The Kier molecular flexibility index (Phi) is 7.69. The number of anilines is 2. The quantitative estimate of drug-likeness (QED) is 0.720. The molecule has 27 heavy (non-hydrogen) atoms. The van der Waals surface area contributed by atoms with Gasteiger partial charge in [-0.2, -0.15) is 11.8 Å². The van der Waals surface area contributed by atoms with Crippen LogP contribution in [0.4, 0.5) is 11.4 Å². The van der Waals surface area contributed by atoms with Gasteiger partial charge < -0.3 is 20.4 Å². The van der Waals surface area contributed by atoms with Crippen molar-refractivity contribution in [1.82, 2.24) is 4.90 Å². The first kappa shape index (κ1) is 20.8. The fourth-order valence-corrected chi connectivity index (χ4v) is 5.70. The number of thioether (sulfide) groups is 1. The number of benzene rings is 1. The van der Waals surface area contributed by atoms with Crippen molar-refractivity contribution in [3.63, 3.8) is 0 Å². The van der Waals surface area contributed by atoms with E-state index in [2.05, 4.69) is 39.0 Å². The van der Waals surface area contributed by atoms with Crippen molar-refractivity contribution in [3.05, 3.63) is 24.3 Å². The Balaban J connectivity index is 1.51. The molecule has 1 aromatic carbocycles. The molecule has 0 unspecified atom stereocenters. The van der Waals surface area contributed by atoms with Crippen molar-refractivity contribution < 1.29 is 8.42 Å². The summed E-state index contributed by atoms with van der Waals surface area (Å²) in [6.07, 6.45) is 1.06. The minimum Gasteiger partial charge on any atom is -0.370 e. The zero-order chi connectivity index (χ0) is 19.1. The first-order valence-electron chi connectivity index (χ1n) is 9.88. The number of sulfone groups is 1. The van der Waals surface area contributed by atoms with Gasteiger partial charge in [0.15, 0.2) is 9.84 Å². The standard InChI is InChI=1S/C19H32N4O2S2/c20-6-16-27(24,25)17-13-21-7-1-8-22(10-9-21)18-2-4-19(5-3-18)23-11-14-26-15-12-23/h2-5H,1,6-17,20H2. The zero-order valence-corrected chi connectivity index (χ0v) is 17.7. The van der Waals surface area contributed by atoms with Crippen LogP contribution in [0.3, 0.4) is 0 Å². The van der Waals surface area contributed by atoms with Crippen LogP contribution < -0.4 is 15.5 Å². The summed E-state index contributed by atoms with van der Waals surface area (Å²) < 4.78 is 23.8. The number of hydrogen-bond acceptors (Lipinski definition) is 7. The van der Waals surface area contributed by atoms with Crippen molar-refractivity contribution in [3.8, 4) is 0 Å². The average Bonchev–Trinajstić information content (AvgIpc) is 2.93. The van der Waals surface area contributed by atoms with E-state index in [0.29, 0.717) is 6.54 Å². The van der Waals surface area contributed by atoms with Crippen LogP contribution in [0.15, 0.2) is 24.3 Å². The van der Waals surface area contributed by atoms with E-state index in [-0.39, 0.29) is 18.1 Å². The van der Waals surface area contributed by atoms with E-state index in [1.807, 2.05) is 11.8 Å². The molecule has 8 heteroatoms. The van der Waals surface area contributed by atoms with Crippen LogP contribution in [0.25, 0.3) is 0 Å². The van der Waals surface area contributed by atoms with Crippen LogP contribution in [0, 0.1) is 0 Å². The van der Waals surface area contributed by atoms with Gasteiger partial charge in [0.2, 0.25) is 0 Å². The topological polar surface area (TPSA) is 69.9 Å². The smallest absolute Gasteiger partial charge is 0.152 e. The normalized spacial score (nSPS) is 19.9. The molecule has 0 amide bonds. The second kappa shape index (κ2) is 10.0. The first-order valence-corrected chi connectivity index (χ1v) is 12.9. The molecule has 0 aliphatic carbocycles. The highest BCUT2D eigenvalue weighted by Crippen LogP contribution is 2.24. The summed E-state index contributed by atoms with van der Waals surface area (Å²) in [5, 5.41) is 0. The maximum atomic E-state index is 11.9. The Labute approximate surface area is 168 Å². The lowest BCUT2D eigenvalue weighted by atomic mass is 10.2. The van der Waals surface area contributed by atoms with Crippen LogP contribution in [0.2, 0.25) is 0 Å². The molecule has 0 aromatic heterocycles. The van der Waals surface area contributed by atoms with Gasteiger partial charge in [-0.05, 0) is 37.2 Å². The van der Waals surface area contributed by atoms with Gasteiger partial charge in [-0.3, -0.25) is 0 Å². The second-order valence-electron chi connectivity index (χ2n) is 7.24. The lowest BCUT2D eigenvalue weighted by molar-refractivity contribution is 0.310. The lowest BCUT2D eigenvalue weighted by Gasteiger charge is -2.29. The van der Waals surface area contributed by atoms with Crippen LogP contribution in [-0.4, -0.2) is 88.7 Å². The average molecular weight is 413 g/mol. The molecule has 2 fully saturated rings. The van der Waals surface area contributed by atoms with E-state index in [0.717, 1.165) is 45.7 Å². The summed E-state index contributed by atoms with van der Waals surface area (Å²) in [6, 6.07) is 8.96. The summed E-state index contributed by atoms with van der Waals surface area (Å²) in [7, 11) is -3.01. The predicted octanol–water partition coefficient (Wildman–Crippen LogP) is 1.13. The zero-order valence-electron chi connectivity index (χ0n) is 16.1. The third kappa shape index (κ3) is 6.27. The van der Waals surface area contributed by atoms with Gasteiger partial charge in [0.05, 0.1) is 11.5 Å². The summed E-state index contributed by atoms with van der Waals surface area (Å²) in [4.78, 5) is 7.16. The van der Waals surface area contributed by atoms with Crippen molar-refractivity contribution in [2.45, 2.75) is 6.42 Å². The van der Waals surface area contributed by atoms with E-state index in [9.17, 15) is 8.42 Å². The van der Waals surface area contributed by atoms with Gasteiger partial charge in [-0.25, -0.2) is 8.42 Å². The summed E-state index contributed by atoms with van der Waals surface area (Å²) in [6.45, 7) is 6.92. The summed E-state index contributed by atoms with van der Waals surface area (Å²) in [5.41, 5.74) is 7.97. The van der Waals surface area contributed by atoms with Gasteiger partial charge in [0.1, 0.15) is 0 Å². The molecule has 0 spiro atoms. The maximum absolute atomic E-state index is 11.9. The maximum Gasteiger partial charge on any atom is 0.152 e. The molecule has 152 valence electrons. The summed E-state index contributed by atoms with van der Waals surface area (Å²) >= 11 is 2.03. The Morgan fingerprint density at radius 1 is 0.852 bits per heavy atom. The molecule has 0 saturated carbocycles. The third-order valence-electron chi connectivity index (χ3n) is 5.33. The van der Waals surface area contributed by atoms with Crippen molar-refractivity contribution >= 4 is 33.0 Å². The number of nitrogens with zero attached hydrogens (tertiary/aromatic N) is 3. The Hall–Kier alpha value is -0.960. The van der Waals surface area contributed by atoms with Crippen LogP contribution in [0.5, 0.6) is 0 Å². The Morgan fingerprint density at radius 2 is 1.48 bits per heavy atom. The van der Waals surface area contributed by atoms with Crippen molar-refractivity contribution in [2.24, 2.45) is 5.73 Å². The molecule has 0 atom stereocenters. The number of hydrogen-bond donors (Lipinski definition) is 1. The molecular formula is C19H32N4O2S2. The van der Waals surface area contributed by atoms with Crippen LogP contribution in [0.1, 0.15) is 6.42 Å². The highest BCUT2D eigenvalue weighted by molar-refractivity contribution is 7.99. The van der Waals surface area contributed by atoms with Gasteiger partial charge in [-0.15, -0.1) is 0 Å².